The van der Waals surface area contributed by atoms with Gasteiger partial charge in [-0.25, -0.2) is 21.9 Å². The lowest BCUT2D eigenvalue weighted by Crippen LogP contribution is -2.29. The minimum atomic E-state index is -3.56. The van der Waals surface area contributed by atoms with E-state index >= 15 is 0 Å². The maximum absolute atomic E-state index is 11.8. The molecule has 0 saturated carbocycles. The lowest BCUT2D eigenvalue weighted by molar-refractivity contribution is 0.0199. The zero-order valence-electron chi connectivity index (χ0n) is 10.6. The van der Waals surface area contributed by atoms with Crippen molar-refractivity contribution in [2.24, 2.45) is 0 Å². The molecule has 1 aromatic rings. The number of nitrogens with one attached hydrogen (secondary N) is 1. The van der Waals surface area contributed by atoms with Gasteiger partial charge in [0.2, 0.25) is 10.0 Å². The molecule has 0 atom stereocenters. The van der Waals surface area contributed by atoms with Crippen LogP contribution in [0.2, 0.25) is 0 Å². The molecule has 0 amide bonds. The van der Waals surface area contributed by atoms with Crippen molar-refractivity contribution in [1.82, 2.24) is 4.72 Å². The number of nitrogens with zero attached hydrogens (tertiary/aromatic N) is 1. The van der Waals surface area contributed by atoms with Crippen LogP contribution in [0.1, 0.15) is 11.1 Å². The molecule has 0 aliphatic carbocycles. The predicted octanol–water partition coefficient (Wildman–Crippen LogP) is 1.26. The van der Waals surface area contributed by atoms with Gasteiger partial charge in [-0.05, 0) is 17.7 Å². The number of hydrogen-bond acceptors (Lipinski definition) is 4. The highest BCUT2D eigenvalue weighted by Gasteiger charge is 2.11. The van der Waals surface area contributed by atoms with E-state index in [1.54, 1.807) is 12.1 Å². The summed E-state index contributed by atoms with van der Waals surface area (Å²) in [7, 11) is -3.56. The van der Waals surface area contributed by atoms with Crippen molar-refractivity contribution in [3.05, 3.63) is 35.4 Å². The second-order valence-electron chi connectivity index (χ2n) is 3.93. The van der Waals surface area contributed by atoms with Gasteiger partial charge in [-0.3, -0.25) is 0 Å². The molecule has 1 rings (SSSR count). The molecule has 1 aromatic carbocycles. The number of sulfonamides is 1. The van der Waals surface area contributed by atoms with E-state index < -0.39 is 23.1 Å². The van der Waals surface area contributed by atoms with Gasteiger partial charge < -0.3 is 4.74 Å². The fourth-order valence-corrected chi connectivity index (χ4v) is 2.52. The molecule has 1 N–H and O–H groups in total. The number of benzene rings is 1. The van der Waals surface area contributed by atoms with Crippen molar-refractivity contribution in [2.45, 2.75) is 12.2 Å². The molecule has 0 unspecified atom stereocenters. The molecule has 0 aliphatic rings. The molecule has 0 heterocycles. The zero-order valence-corrected chi connectivity index (χ0v) is 11.4. The highest BCUT2D eigenvalue weighted by Crippen LogP contribution is 2.07. The number of hydrogen-bond donors (Lipinski definition) is 1. The van der Waals surface area contributed by atoms with Gasteiger partial charge in [0.15, 0.2) is 0 Å². The molecule has 0 aromatic heterocycles. The van der Waals surface area contributed by atoms with E-state index in [4.69, 9.17) is 5.26 Å². The standard InChI is InChI=1S/C12H14F2N2O3S/c13-12(14)8-19-6-5-16-20(17,18)9-11-3-1-10(7-15)2-4-11/h1-4,12,16H,5-6,8-9H2. The number of alkyl halides is 2. The Labute approximate surface area is 116 Å². The molecule has 20 heavy (non-hydrogen) atoms. The molecule has 5 nitrogen and oxygen atoms in total. The van der Waals surface area contributed by atoms with Gasteiger partial charge in [-0.1, -0.05) is 12.1 Å². The van der Waals surface area contributed by atoms with E-state index in [-0.39, 0.29) is 18.9 Å². The molecule has 0 bridgehead atoms. The summed E-state index contributed by atoms with van der Waals surface area (Å²) < 4.78 is 53.7. The SMILES string of the molecule is N#Cc1ccc(CS(=O)(=O)NCCOCC(F)F)cc1. The normalized spacial score (nSPS) is 11.5. The Morgan fingerprint density at radius 3 is 2.50 bits per heavy atom. The summed E-state index contributed by atoms with van der Waals surface area (Å²) in [4.78, 5) is 0. The third-order valence-electron chi connectivity index (χ3n) is 2.25. The van der Waals surface area contributed by atoms with Crippen LogP contribution in [-0.4, -0.2) is 34.6 Å². The Morgan fingerprint density at radius 2 is 1.95 bits per heavy atom. The van der Waals surface area contributed by atoms with Gasteiger partial charge in [0, 0.05) is 6.54 Å². The summed E-state index contributed by atoms with van der Waals surface area (Å²) in [6.07, 6.45) is -2.56. The van der Waals surface area contributed by atoms with Crippen LogP contribution in [0.15, 0.2) is 24.3 Å². The quantitative estimate of drug-likeness (QED) is 0.733. The van der Waals surface area contributed by atoms with Gasteiger partial charge in [0.05, 0.1) is 24.0 Å². The highest BCUT2D eigenvalue weighted by atomic mass is 32.2. The summed E-state index contributed by atoms with van der Waals surface area (Å²) in [6, 6.07) is 8.07. The zero-order chi connectivity index (χ0) is 15.0. The molecule has 8 heteroatoms. The van der Waals surface area contributed by atoms with Crippen molar-refractivity contribution in [2.75, 3.05) is 19.8 Å². The van der Waals surface area contributed by atoms with Crippen LogP contribution in [0.4, 0.5) is 8.78 Å². The Kier molecular flexibility index (Phi) is 6.51. The number of ether oxygens (including phenoxy) is 1. The van der Waals surface area contributed by atoms with Crippen LogP contribution >= 0.6 is 0 Å². The monoisotopic (exact) mass is 304 g/mol. The minimum absolute atomic E-state index is 0.0642. The van der Waals surface area contributed by atoms with Crippen molar-refractivity contribution in [3.63, 3.8) is 0 Å². The summed E-state index contributed by atoms with van der Waals surface area (Å²) in [5.41, 5.74) is 0.976. The first-order valence-electron chi connectivity index (χ1n) is 5.75. The van der Waals surface area contributed by atoms with Crippen LogP contribution in [0.3, 0.4) is 0 Å². The lowest BCUT2D eigenvalue weighted by Gasteiger charge is -2.07. The number of nitriles is 1. The van der Waals surface area contributed by atoms with Crippen molar-refractivity contribution in [3.8, 4) is 6.07 Å². The van der Waals surface area contributed by atoms with E-state index in [1.807, 2.05) is 6.07 Å². The van der Waals surface area contributed by atoms with Gasteiger partial charge in [0.25, 0.3) is 6.43 Å². The maximum atomic E-state index is 11.8. The first-order valence-corrected chi connectivity index (χ1v) is 7.40. The Hall–Kier alpha value is -1.56. The topological polar surface area (TPSA) is 79.2 Å². The molecule has 0 radical (unpaired) electrons. The fourth-order valence-electron chi connectivity index (χ4n) is 1.39. The number of rotatable bonds is 8. The van der Waals surface area contributed by atoms with Crippen LogP contribution in [0.5, 0.6) is 0 Å². The summed E-state index contributed by atoms with van der Waals surface area (Å²) >= 11 is 0. The van der Waals surface area contributed by atoms with Crippen LogP contribution in [0, 0.1) is 11.3 Å². The third-order valence-corrected chi connectivity index (χ3v) is 3.61. The van der Waals surface area contributed by atoms with Crippen molar-refractivity contribution < 1.29 is 21.9 Å². The lowest BCUT2D eigenvalue weighted by atomic mass is 10.2. The second kappa shape index (κ2) is 7.89. The van der Waals surface area contributed by atoms with Gasteiger partial charge >= 0.3 is 0 Å². The van der Waals surface area contributed by atoms with Gasteiger partial charge in [-0.2, -0.15) is 5.26 Å². The summed E-state index contributed by atoms with van der Waals surface area (Å²) in [6.45, 7) is -0.889. The second-order valence-corrected chi connectivity index (χ2v) is 5.73. The summed E-state index contributed by atoms with van der Waals surface area (Å²) in [5.74, 6) is -0.243. The third kappa shape index (κ3) is 6.56. The van der Waals surface area contributed by atoms with E-state index in [0.717, 1.165) is 0 Å². The fraction of sp³-hybridized carbons (Fsp3) is 0.417. The first-order chi connectivity index (χ1) is 9.43. The van der Waals surface area contributed by atoms with E-state index in [0.29, 0.717) is 11.1 Å². The Balaban J connectivity index is 2.39. The van der Waals surface area contributed by atoms with E-state index in [2.05, 4.69) is 9.46 Å². The molecule has 0 aliphatic heterocycles. The highest BCUT2D eigenvalue weighted by molar-refractivity contribution is 7.88. The average molecular weight is 304 g/mol. The minimum Gasteiger partial charge on any atom is -0.374 e. The van der Waals surface area contributed by atoms with Gasteiger partial charge in [-0.15, -0.1) is 0 Å². The Morgan fingerprint density at radius 1 is 1.30 bits per heavy atom. The molecule has 0 saturated heterocycles. The predicted molar refractivity (Wildman–Crippen MR) is 68.6 cm³/mol. The molecular formula is C12H14F2N2O3S. The number of halogens is 2. The summed E-state index contributed by atoms with van der Waals surface area (Å²) in [5, 5.41) is 8.62. The first kappa shape index (κ1) is 16.5. The van der Waals surface area contributed by atoms with Crippen molar-refractivity contribution in [1.29, 1.82) is 5.26 Å². The van der Waals surface area contributed by atoms with Crippen molar-refractivity contribution >= 4 is 10.0 Å². The van der Waals surface area contributed by atoms with Crippen LogP contribution < -0.4 is 4.72 Å². The molecular weight excluding hydrogens is 290 g/mol. The Bertz CT molecular complexity index is 553. The van der Waals surface area contributed by atoms with Gasteiger partial charge in [0.1, 0.15) is 6.61 Å². The smallest absolute Gasteiger partial charge is 0.261 e. The van der Waals surface area contributed by atoms with E-state index in [9.17, 15) is 17.2 Å². The maximum Gasteiger partial charge on any atom is 0.261 e. The van der Waals surface area contributed by atoms with Crippen LogP contribution in [-0.2, 0) is 20.5 Å². The molecule has 110 valence electrons. The van der Waals surface area contributed by atoms with Crippen LogP contribution in [0.25, 0.3) is 0 Å². The van der Waals surface area contributed by atoms with E-state index in [1.165, 1.54) is 12.1 Å². The molecule has 0 spiro atoms. The average Bonchev–Trinajstić information content (AvgIpc) is 2.38. The molecule has 0 fully saturated rings. The largest absolute Gasteiger partial charge is 0.374 e.